The lowest BCUT2D eigenvalue weighted by Gasteiger charge is -2.35. The summed E-state index contributed by atoms with van der Waals surface area (Å²) in [7, 11) is -2.44. The largest absolute Gasteiger partial charge is 0.497 e. The second-order valence-corrected chi connectivity index (χ2v) is 10.1. The summed E-state index contributed by atoms with van der Waals surface area (Å²) in [5.41, 5.74) is 3.97. The van der Waals surface area contributed by atoms with Gasteiger partial charge in [0.05, 0.1) is 24.2 Å². The van der Waals surface area contributed by atoms with Gasteiger partial charge in [-0.3, -0.25) is 9.10 Å². The molecule has 0 bridgehead atoms. The molecule has 1 N–H and O–H groups in total. The van der Waals surface area contributed by atoms with Crippen LogP contribution < -0.4 is 19.1 Å². The number of nitrogens with zero attached hydrogens (tertiary/aromatic N) is 1. The van der Waals surface area contributed by atoms with Crippen molar-refractivity contribution >= 4 is 27.3 Å². The summed E-state index contributed by atoms with van der Waals surface area (Å²) in [4.78, 5) is 13.4. The Bertz CT molecular complexity index is 1320. The van der Waals surface area contributed by atoms with Gasteiger partial charge in [0.15, 0.2) is 6.10 Å². The molecule has 1 atom stereocenters. The predicted molar refractivity (Wildman–Crippen MR) is 132 cm³/mol. The molecule has 0 fully saturated rings. The van der Waals surface area contributed by atoms with Gasteiger partial charge in [0.2, 0.25) is 0 Å². The molecule has 0 saturated carbocycles. The second-order valence-electron chi connectivity index (χ2n) is 8.24. The summed E-state index contributed by atoms with van der Waals surface area (Å²) in [6.07, 6.45) is -0.269. The van der Waals surface area contributed by atoms with E-state index in [9.17, 15) is 13.2 Å². The molecule has 1 amide bonds. The zero-order chi connectivity index (χ0) is 24.5. The number of ether oxygens (including phenoxy) is 2. The van der Waals surface area contributed by atoms with Crippen LogP contribution in [0.15, 0.2) is 65.6 Å². The number of aryl methyl sites for hydroxylation is 3. The van der Waals surface area contributed by atoms with E-state index in [2.05, 4.69) is 5.32 Å². The lowest BCUT2D eigenvalue weighted by molar-refractivity contribution is -0.122. The Morgan fingerprint density at radius 1 is 1.12 bits per heavy atom. The molecule has 0 aromatic heterocycles. The lowest BCUT2D eigenvalue weighted by atomic mass is 10.1. The maximum atomic E-state index is 13.6. The van der Waals surface area contributed by atoms with Crippen LogP contribution in [0.3, 0.4) is 0 Å². The highest BCUT2D eigenvalue weighted by atomic mass is 32.2. The third kappa shape index (κ3) is 4.46. The van der Waals surface area contributed by atoms with Crippen molar-refractivity contribution in [3.8, 4) is 11.5 Å². The fourth-order valence-corrected chi connectivity index (χ4v) is 5.48. The van der Waals surface area contributed by atoms with Crippen LogP contribution in [0.5, 0.6) is 11.5 Å². The first-order valence-corrected chi connectivity index (χ1v) is 12.5. The predicted octanol–water partition coefficient (Wildman–Crippen LogP) is 4.47. The number of para-hydroxylation sites is 1. The minimum Gasteiger partial charge on any atom is -0.497 e. The van der Waals surface area contributed by atoms with Gasteiger partial charge >= 0.3 is 0 Å². The molecule has 34 heavy (non-hydrogen) atoms. The summed E-state index contributed by atoms with van der Waals surface area (Å²) in [5, 5.41) is 2.97. The van der Waals surface area contributed by atoms with Gasteiger partial charge in [-0.15, -0.1) is 0 Å². The summed E-state index contributed by atoms with van der Waals surface area (Å²) in [6, 6.07) is 17.3. The van der Waals surface area contributed by atoms with Crippen LogP contribution in [-0.4, -0.2) is 34.1 Å². The zero-order valence-electron chi connectivity index (χ0n) is 19.7. The Morgan fingerprint density at radius 3 is 2.53 bits per heavy atom. The SMILES string of the molecule is CCc1cccc(C)c1NC(=O)C1CN(S(=O)(=O)c2ccc(OC)cc2)c2ccc(C)cc2O1. The maximum absolute atomic E-state index is 13.6. The molecule has 1 heterocycles. The van der Waals surface area contributed by atoms with Crippen molar-refractivity contribution in [3.05, 3.63) is 77.4 Å². The number of anilines is 2. The fraction of sp³-hybridized carbons (Fsp3) is 0.269. The Morgan fingerprint density at radius 2 is 1.85 bits per heavy atom. The normalized spacial score (nSPS) is 15.3. The first-order valence-electron chi connectivity index (χ1n) is 11.1. The minimum atomic E-state index is -3.96. The lowest BCUT2D eigenvalue weighted by Crippen LogP contribution is -2.49. The fourth-order valence-electron chi connectivity index (χ4n) is 4.01. The van der Waals surface area contributed by atoms with E-state index in [4.69, 9.17) is 9.47 Å². The highest BCUT2D eigenvalue weighted by Gasteiger charge is 2.38. The van der Waals surface area contributed by atoms with Gasteiger partial charge in [0.1, 0.15) is 11.5 Å². The average Bonchev–Trinajstić information content (AvgIpc) is 2.84. The van der Waals surface area contributed by atoms with Gasteiger partial charge < -0.3 is 14.8 Å². The van der Waals surface area contributed by atoms with Crippen molar-refractivity contribution in [2.75, 3.05) is 23.3 Å². The molecular weight excluding hydrogens is 452 g/mol. The third-order valence-corrected chi connectivity index (χ3v) is 7.71. The number of amides is 1. The van der Waals surface area contributed by atoms with Crippen LogP contribution in [0.1, 0.15) is 23.6 Å². The van der Waals surface area contributed by atoms with Crippen LogP contribution in [-0.2, 0) is 21.2 Å². The van der Waals surface area contributed by atoms with Crippen molar-refractivity contribution in [2.45, 2.75) is 38.2 Å². The van der Waals surface area contributed by atoms with E-state index in [-0.39, 0.29) is 11.4 Å². The number of hydrogen-bond donors (Lipinski definition) is 1. The van der Waals surface area contributed by atoms with Crippen molar-refractivity contribution < 1.29 is 22.7 Å². The number of methoxy groups -OCH3 is 1. The van der Waals surface area contributed by atoms with E-state index in [1.807, 2.05) is 45.0 Å². The number of fused-ring (bicyclic) bond motifs is 1. The van der Waals surface area contributed by atoms with Gasteiger partial charge in [0, 0.05) is 5.69 Å². The van der Waals surface area contributed by atoms with Gasteiger partial charge in [-0.05, 0) is 73.4 Å². The molecule has 3 aromatic rings. The topological polar surface area (TPSA) is 84.9 Å². The molecule has 3 aromatic carbocycles. The van der Waals surface area contributed by atoms with E-state index < -0.39 is 22.0 Å². The molecule has 1 aliphatic heterocycles. The first-order chi connectivity index (χ1) is 16.2. The monoisotopic (exact) mass is 480 g/mol. The summed E-state index contributed by atoms with van der Waals surface area (Å²) < 4.78 is 39.6. The van der Waals surface area contributed by atoms with Crippen LogP contribution in [0.25, 0.3) is 0 Å². The molecule has 0 saturated heterocycles. The van der Waals surface area contributed by atoms with Gasteiger partial charge in [-0.1, -0.05) is 31.2 Å². The number of benzene rings is 3. The molecule has 0 spiro atoms. The highest BCUT2D eigenvalue weighted by Crippen LogP contribution is 2.38. The van der Waals surface area contributed by atoms with Gasteiger partial charge in [-0.2, -0.15) is 0 Å². The summed E-state index contributed by atoms with van der Waals surface area (Å²) in [5.74, 6) is 0.509. The number of sulfonamides is 1. The Hall–Kier alpha value is -3.52. The number of hydrogen-bond acceptors (Lipinski definition) is 5. The van der Waals surface area contributed by atoms with Crippen molar-refractivity contribution in [1.82, 2.24) is 0 Å². The van der Waals surface area contributed by atoms with Crippen LogP contribution in [0, 0.1) is 13.8 Å². The van der Waals surface area contributed by atoms with Crippen molar-refractivity contribution in [1.29, 1.82) is 0 Å². The molecule has 4 rings (SSSR count). The van der Waals surface area contributed by atoms with E-state index in [1.165, 1.54) is 23.5 Å². The van der Waals surface area contributed by atoms with Crippen molar-refractivity contribution in [2.24, 2.45) is 0 Å². The number of carbonyl (C=O) groups excluding carboxylic acids is 1. The van der Waals surface area contributed by atoms with E-state index >= 15 is 0 Å². The third-order valence-electron chi connectivity index (χ3n) is 5.91. The number of carbonyl (C=O) groups is 1. The zero-order valence-corrected chi connectivity index (χ0v) is 20.5. The van der Waals surface area contributed by atoms with Crippen LogP contribution >= 0.6 is 0 Å². The molecule has 0 aliphatic carbocycles. The van der Waals surface area contributed by atoms with Crippen molar-refractivity contribution in [3.63, 3.8) is 0 Å². The van der Waals surface area contributed by atoms with E-state index in [0.717, 1.165) is 28.8 Å². The smallest absolute Gasteiger partial charge is 0.267 e. The molecule has 1 unspecified atom stereocenters. The van der Waals surface area contributed by atoms with E-state index in [1.54, 1.807) is 24.3 Å². The average molecular weight is 481 g/mol. The van der Waals surface area contributed by atoms with Gasteiger partial charge in [0.25, 0.3) is 15.9 Å². The first kappa shape index (κ1) is 23.6. The minimum absolute atomic E-state index is 0.105. The second kappa shape index (κ2) is 9.38. The summed E-state index contributed by atoms with van der Waals surface area (Å²) >= 11 is 0. The molecule has 0 radical (unpaired) electrons. The Labute approximate surface area is 200 Å². The summed E-state index contributed by atoms with van der Waals surface area (Å²) in [6.45, 7) is 5.68. The number of rotatable bonds is 6. The Kier molecular flexibility index (Phi) is 6.52. The van der Waals surface area contributed by atoms with Crippen LogP contribution in [0.2, 0.25) is 0 Å². The van der Waals surface area contributed by atoms with E-state index in [0.29, 0.717) is 17.2 Å². The quantitative estimate of drug-likeness (QED) is 0.563. The molecular formula is C26H28N2O5S. The standard InChI is InChI=1S/C26H28N2O5S/c1-5-19-8-6-7-18(3)25(19)27-26(29)24-16-28(22-14-9-17(2)15-23(22)33-24)34(30,31)21-12-10-20(32-4)11-13-21/h6-15,24H,5,16H2,1-4H3,(H,27,29). The molecule has 8 heteroatoms. The maximum Gasteiger partial charge on any atom is 0.267 e. The van der Waals surface area contributed by atoms with Crippen LogP contribution in [0.4, 0.5) is 11.4 Å². The molecule has 178 valence electrons. The molecule has 1 aliphatic rings. The molecule has 7 nitrogen and oxygen atoms in total. The van der Waals surface area contributed by atoms with Gasteiger partial charge in [-0.25, -0.2) is 8.42 Å². The Balaban J connectivity index is 1.70. The highest BCUT2D eigenvalue weighted by molar-refractivity contribution is 7.92. The number of nitrogens with one attached hydrogen (secondary N) is 1.